The highest BCUT2D eigenvalue weighted by molar-refractivity contribution is 5.95. The fourth-order valence-corrected chi connectivity index (χ4v) is 2.05. The van der Waals surface area contributed by atoms with Crippen LogP contribution in [0.3, 0.4) is 0 Å². The maximum absolute atomic E-state index is 12.3. The predicted octanol–water partition coefficient (Wildman–Crippen LogP) is 3.49. The lowest BCUT2D eigenvalue weighted by Crippen LogP contribution is -2.20. The van der Waals surface area contributed by atoms with Gasteiger partial charge < -0.3 is 19.5 Å². The monoisotopic (exact) mass is 377 g/mol. The first-order chi connectivity index (χ1) is 13.0. The summed E-state index contributed by atoms with van der Waals surface area (Å²) >= 11 is 0. The second-order valence-corrected chi connectivity index (χ2v) is 5.14. The maximum atomic E-state index is 12.3. The Morgan fingerprint density at radius 2 is 1.93 bits per heavy atom. The second-order valence-electron chi connectivity index (χ2n) is 5.14. The van der Waals surface area contributed by atoms with Crippen molar-refractivity contribution in [2.45, 2.75) is 6.61 Å². The van der Waals surface area contributed by atoms with Crippen molar-refractivity contribution in [3.8, 4) is 11.5 Å². The van der Waals surface area contributed by atoms with Crippen LogP contribution in [0.4, 0.5) is 14.5 Å². The van der Waals surface area contributed by atoms with E-state index in [1.807, 2.05) is 0 Å². The Labute approximate surface area is 154 Å². The van der Waals surface area contributed by atoms with E-state index in [-0.39, 0.29) is 11.4 Å². The summed E-state index contributed by atoms with van der Waals surface area (Å²) in [7, 11) is 1.53. The number of halogens is 2. The van der Waals surface area contributed by atoms with Gasteiger partial charge in [0.05, 0.1) is 12.8 Å². The first-order valence-corrected chi connectivity index (χ1v) is 7.80. The van der Waals surface area contributed by atoms with Gasteiger partial charge in [-0.2, -0.15) is 8.78 Å². The van der Waals surface area contributed by atoms with Crippen LogP contribution in [0.15, 0.2) is 54.6 Å². The van der Waals surface area contributed by atoms with Crippen molar-refractivity contribution >= 4 is 23.6 Å². The van der Waals surface area contributed by atoms with E-state index in [9.17, 15) is 18.4 Å². The fraction of sp³-hybridized carbons (Fsp3) is 0.158. The first kappa shape index (κ1) is 19.9. The summed E-state index contributed by atoms with van der Waals surface area (Å²) in [5.41, 5.74) is 0.764. The van der Waals surface area contributed by atoms with E-state index in [0.29, 0.717) is 11.3 Å². The number of amides is 1. The molecule has 6 nitrogen and oxygen atoms in total. The molecule has 0 aliphatic carbocycles. The zero-order valence-electron chi connectivity index (χ0n) is 14.4. The molecule has 1 amide bonds. The van der Waals surface area contributed by atoms with Crippen LogP contribution in [0.25, 0.3) is 6.08 Å². The third-order valence-electron chi connectivity index (χ3n) is 3.23. The summed E-state index contributed by atoms with van der Waals surface area (Å²) < 4.78 is 38.9. The maximum Gasteiger partial charge on any atom is 0.387 e. The van der Waals surface area contributed by atoms with Gasteiger partial charge in [-0.3, -0.25) is 4.79 Å². The molecule has 0 spiro atoms. The topological polar surface area (TPSA) is 73.9 Å². The van der Waals surface area contributed by atoms with Crippen LogP contribution >= 0.6 is 0 Å². The molecule has 0 fully saturated rings. The Morgan fingerprint density at radius 1 is 1.15 bits per heavy atom. The van der Waals surface area contributed by atoms with Gasteiger partial charge in [-0.1, -0.05) is 24.3 Å². The smallest absolute Gasteiger partial charge is 0.387 e. The zero-order valence-corrected chi connectivity index (χ0v) is 14.4. The zero-order chi connectivity index (χ0) is 19.6. The van der Waals surface area contributed by atoms with Gasteiger partial charge in [0, 0.05) is 6.08 Å². The van der Waals surface area contributed by atoms with Gasteiger partial charge in [-0.25, -0.2) is 4.79 Å². The third-order valence-corrected chi connectivity index (χ3v) is 3.23. The number of benzene rings is 2. The molecule has 8 heteroatoms. The predicted molar refractivity (Wildman–Crippen MR) is 94.7 cm³/mol. The van der Waals surface area contributed by atoms with E-state index in [2.05, 4.69) is 10.1 Å². The molecule has 0 aromatic heterocycles. The Morgan fingerprint density at radius 3 is 2.67 bits per heavy atom. The number of hydrogen-bond donors (Lipinski definition) is 1. The van der Waals surface area contributed by atoms with Gasteiger partial charge in [-0.15, -0.1) is 0 Å². The molecule has 2 aromatic carbocycles. The Balaban J connectivity index is 1.86. The highest BCUT2D eigenvalue weighted by Gasteiger charge is 2.12. The molecule has 0 bridgehead atoms. The molecule has 0 aliphatic heterocycles. The average molecular weight is 377 g/mol. The molecular weight excluding hydrogens is 360 g/mol. The number of anilines is 1. The Hall–Kier alpha value is -3.42. The van der Waals surface area contributed by atoms with Gasteiger partial charge in [-0.05, 0) is 35.9 Å². The van der Waals surface area contributed by atoms with Crippen LogP contribution in [0.2, 0.25) is 0 Å². The lowest BCUT2D eigenvalue weighted by molar-refractivity contribution is -0.142. The summed E-state index contributed by atoms with van der Waals surface area (Å²) in [5.74, 6) is -0.979. The minimum absolute atomic E-state index is 0.0470. The molecule has 0 heterocycles. The van der Waals surface area contributed by atoms with E-state index < -0.39 is 25.1 Å². The fourth-order valence-electron chi connectivity index (χ4n) is 2.05. The normalized spacial score (nSPS) is 10.7. The van der Waals surface area contributed by atoms with Crippen LogP contribution in [0, 0.1) is 0 Å². The number of carbonyl (C=O) groups is 2. The summed E-state index contributed by atoms with van der Waals surface area (Å²) in [6, 6.07) is 12.7. The standard InChI is InChI=1S/C19H17F2NO5/c1-25-14-6-4-5-13(11-14)9-10-18(24)26-12-17(23)22-15-7-2-3-8-16(15)27-19(20)21/h2-11,19H,12H2,1H3,(H,22,23). The number of ether oxygens (including phenoxy) is 3. The quantitative estimate of drug-likeness (QED) is 0.563. The number of alkyl halides is 2. The van der Waals surface area contributed by atoms with Crippen molar-refractivity contribution < 1.29 is 32.6 Å². The van der Waals surface area contributed by atoms with Crippen LogP contribution in [0.1, 0.15) is 5.56 Å². The molecule has 0 radical (unpaired) electrons. The van der Waals surface area contributed by atoms with Gasteiger partial charge in [0.15, 0.2) is 6.61 Å². The highest BCUT2D eigenvalue weighted by atomic mass is 19.3. The first-order valence-electron chi connectivity index (χ1n) is 7.80. The molecule has 0 saturated heterocycles. The van der Waals surface area contributed by atoms with Crippen molar-refractivity contribution in [2.75, 3.05) is 19.0 Å². The van der Waals surface area contributed by atoms with E-state index in [0.717, 1.165) is 6.08 Å². The molecule has 142 valence electrons. The Kier molecular flexibility index (Phi) is 7.30. The molecule has 0 atom stereocenters. The SMILES string of the molecule is COc1cccc(C=CC(=O)OCC(=O)Nc2ccccc2OC(F)F)c1. The number of hydrogen-bond acceptors (Lipinski definition) is 5. The van der Waals surface area contributed by atoms with E-state index >= 15 is 0 Å². The summed E-state index contributed by atoms with van der Waals surface area (Å²) in [6.45, 7) is -3.60. The van der Waals surface area contributed by atoms with Gasteiger partial charge >= 0.3 is 12.6 Å². The minimum Gasteiger partial charge on any atom is -0.497 e. The van der Waals surface area contributed by atoms with Gasteiger partial charge in [0.25, 0.3) is 5.91 Å². The van der Waals surface area contributed by atoms with Crippen molar-refractivity contribution in [3.63, 3.8) is 0 Å². The lowest BCUT2D eigenvalue weighted by atomic mass is 10.2. The Bertz CT molecular complexity index is 823. The molecule has 0 aliphatic rings. The number of methoxy groups -OCH3 is 1. The summed E-state index contributed by atoms with van der Waals surface area (Å²) in [4.78, 5) is 23.5. The summed E-state index contributed by atoms with van der Waals surface area (Å²) in [5, 5.41) is 2.35. The van der Waals surface area contributed by atoms with Crippen LogP contribution in [0.5, 0.6) is 11.5 Å². The molecule has 27 heavy (non-hydrogen) atoms. The molecule has 1 N–H and O–H groups in total. The minimum atomic E-state index is -3.03. The van der Waals surface area contributed by atoms with Crippen molar-refractivity contribution in [3.05, 3.63) is 60.2 Å². The number of carbonyl (C=O) groups excluding carboxylic acids is 2. The molecule has 0 unspecified atom stereocenters. The largest absolute Gasteiger partial charge is 0.497 e. The molecule has 2 aromatic rings. The lowest BCUT2D eigenvalue weighted by Gasteiger charge is -2.11. The highest BCUT2D eigenvalue weighted by Crippen LogP contribution is 2.25. The number of esters is 1. The number of nitrogens with one attached hydrogen (secondary N) is 1. The average Bonchev–Trinajstić information content (AvgIpc) is 2.66. The van der Waals surface area contributed by atoms with Crippen molar-refractivity contribution in [1.82, 2.24) is 0 Å². The third kappa shape index (κ3) is 6.77. The van der Waals surface area contributed by atoms with Crippen molar-refractivity contribution in [1.29, 1.82) is 0 Å². The van der Waals surface area contributed by atoms with Crippen LogP contribution < -0.4 is 14.8 Å². The van der Waals surface area contributed by atoms with Crippen molar-refractivity contribution in [2.24, 2.45) is 0 Å². The van der Waals surface area contributed by atoms with Crippen LogP contribution in [-0.2, 0) is 14.3 Å². The number of para-hydroxylation sites is 2. The molecular formula is C19H17F2NO5. The van der Waals surface area contributed by atoms with E-state index in [1.165, 1.54) is 37.5 Å². The second kappa shape index (κ2) is 9.91. The van der Waals surface area contributed by atoms with E-state index in [1.54, 1.807) is 24.3 Å². The molecule has 2 rings (SSSR count). The van der Waals surface area contributed by atoms with E-state index in [4.69, 9.17) is 9.47 Å². The van der Waals surface area contributed by atoms with Crippen LogP contribution in [-0.4, -0.2) is 32.2 Å². The molecule has 0 saturated carbocycles. The number of rotatable bonds is 8. The van der Waals surface area contributed by atoms with Gasteiger partial charge in [0.2, 0.25) is 0 Å². The summed E-state index contributed by atoms with van der Waals surface area (Å²) in [6.07, 6.45) is 2.67. The van der Waals surface area contributed by atoms with Gasteiger partial charge in [0.1, 0.15) is 11.5 Å².